The molecule has 12 nitrogen and oxygen atoms in total. The lowest BCUT2D eigenvalue weighted by Gasteiger charge is -2.55. The van der Waals surface area contributed by atoms with Gasteiger partial charge in [0.1, 0.15) is 77.1 Å². The molecule has 0 spiro atoms. The molecule has 46 heavy (non-hydrogen) atoms. The molecule has 13 heteroatoms. The molecule has 248 valence electrons. The number of esters is 1. The van der Waals surface area contributed by atoms with Crippen LogP contribution in [0.1, 0.15) is 19.4 Å². The number of primary amides is 1. The van der Waals surface area contributed by atoms with Crippen LogP contribution < -0.4 is 10.5 Å². The quantitative estimate of drug-likeness (QED) is 0.0422. The second kappa shape index (κ2) is 13.8. The molecule has 4 saturated heterocycles. The Balaban J connectivity index is 1.31. The van der Waals surface area contributed by atoms with Crippen molar-refractivity contribution in [2.45, 2.75) is 26.4 Å². The number of β-lactam (4-membered cyclic amide) rings is 1. The first kappa shape index (κ1) is 34.1. The normalized spacial score (nSPS) is 28.6. The number of nitrogens with two attached hydrogens (primary N) is 1. The molecule has 2 N–H and O–H groups in total. The number of hydrogen-bond acceptors (Lipinski definition) is 8. The van der Waals surface area contributed by atoms with E-state index in [1.165, 1.54) is 17.1 Å². The van der Waals surface area contributed by atoms with Crippen LogP contribution in [0.4, 0.5) is 0 Å². The van der Waals surface area contributed by atoms with Crippen molar-refractivity contribution in [2.24, 2.45) is 23.5 Å². The standard InChI is InChI=1S/C33H42IN4O8/c1-5-15-43-33(42)30-24(21(3)29-28(31(40)36(29)30)22(4)32(41)46-45-16-6-2)20-44-26-17-23(7-8-25(26)34)18-37-9-12-38(13-10-37,14-11-37)19-27(35)39/h5-8,17,21-22,28-29H,1-2,9-16,18-20H2,3-4H3,(H-,35,39)/q+1/p+1/t21-,22?,28?,29?,37?,38?/m0/s1. The predicted octanol–water partition coefficient (Wildman–Crippen LogP) is 2.07. The largest absolute Gasteiger partial charge is 0.488 e. The molecule has 0 radical (unpaired) electrons. The molecule has 1 aromatic carbocycles. The van der Waals surface area contributed by atoms with Crippen molar-refractivity contribution in [1.29, 1.82) is 0 Å². The van der Waals surface area contributed by atoms with Crippen LogP contribution in [0.25, 0.3) is 0 Å². The topological polar surface area (TPSA) is 134 Å². The van der Waals surface area contributed by atoms with Crippen molar-refractivity contribution >= 4 is 46.3 Å². The highest BCUT2D eigenvalue weighted by atomic mass is 127. The van der Waals surface area contributed by atoms with Gasteiger partial charge in [-0.3, -0.25) is 14.5 Å². The number of amides is 2. The summed E-state index contributed by atoms with van der Waals surface area (Å²) in [5, 5.41) is 0. The Labute approximate surface area is 283 Å². The van der Waals surface area contributed by atoms with Crippen molar-refractivity contribution in [3.05, 3.63) is 63.9 Å². The second-order valence-corrected chi connectivity index (χ2v) is 14.1. The number of carbonyl (C=O) groups excluding carboxylic acids is 4. The van der Waals surface area contributed by atoms with Crippen LogP contribution in [0, 0.1) is 21.3 Å². The van der Waals surface area contributed by atoms with E-state index in [0.29, 0.717) is 17.9 Å². The van der Waals surface area contributed by atoms with Crippen molar-refractivity contribution in [3.8, 4) is 5.75 Å². The first-order valence-electron chi connectivity index (χ1n) is 15.6. The number of hydrogen-bond donors (Lipinski definition) is 1. The molecule has 2 amide bonds. The lowest BCUT2D eigenvalue weighted by molar-refractivity contribution is -1.08. The maximum absolute atomic E-state index is 13.4. The second-order valence-electron chi connectivity index (χ2n) is 12.9. The minimum atomic E-state index is -0.791. The average molecular weight is 751 g/mol. The van der Waals surface area contributed by atoms with Gasteiger partial charge in [-0.15, -0.1) is 6.58 Å². The predicted molar refractivity (Wildman–Crippen MR) is 175 cm³/mol. The number of benzene rings is 1. The summed E-state index contributed by atoms with van der Waals surface area (Å²) in [6.45, 7) is 17.9. The summed E-state index contributed by atoms with van der Waals surface area (Å²) in [6, 6.07) is 5.79. The van der Waals surface area contributed by atoms with Gasteiger partial charge in [0.05, 0.1) is 21.4 Å². The summed E-state index contributed by atoms with van der Waals surface area (Å²) < 4.78 is 14.5. The Morgan fingerprint density at radius 3 is 2.37 bits per heavy atom. The van der Waals surface area contributed by atoms with Crippen LogP contribution in [-0.4, -0.2) is 109 Å². The van der Waals surface area contributed by atoms with E-state index >= 15 is 0 Å². The zero-order chi connectivity index (χ0) is 33.2. The Morgan fingerprint density at radius 2 is 1.74 bits per heavy atom. The van der Waals surface area contributed by atoms with Gasteiger partial charge in [-0.2, -0.15) is 4.89 Å². The smallest absolute Gasteiger partial charge is 0.355 e. The van der Waals surface area contributed by atoms with Crippen LogP contribution in [0.2, 0.25) is 0 Å². The lowest BCUT2D eigenvalue weighted by Crippen LogP contribution is -2.75. The van der Waals surface area contributed by atoms with E-state index in [-0.39, 0.29) is 43.2 Å². The molecule has 0 aliphatic carbocycles. The fourth-order valence-corrected chi connectivity index (χ4v) is 7.95. The van der Waals surface area contributed by atoms with Gasteiger partial charge in [0.15, 0.2) is 6.54 Å². The van der Waals surface area contributed by atoms with E-state index in [1.54, 1.807) is 6.92 Å². The molecule has 4 atom stereocenters. The third kappa shape index (κ3) is 6.60. The molecule has 6 rings (SSSR count). The third-order valence-corrected chi connectivity index (χ3v) is 11.0. The first-order chi connectivity index (χ1) is 21.9. The summed E-state index contributed by atoms with van der Waals surface area (Å²) in [5.74, 6) is -2.95. The highest BCUT2D eigenvalue weighted by Crippen LogP contribution is 2.49. The van der Waals surface area contributed by atoms with Gasteiger partial charge in [-0.1, -0.05) is 38.6 Å². The molecule has 5 aliphatic rings. The number of rotatable bonds is 15. The maximum Gasteiger partial charge on any atom is 0.355 e. The van der Waals surface area contributed by atoms with E-state index in [0.717, 1.165) is 63.9 Å². The summed E-state index contributed by atoms with van der Waals surface area (Å²) in [6.07, 6.45) is 2.91. The van der Waals surface area contributed by atoms with E-state index in [4.69, 9.17) is 25.0 Å². The van der Waals surface area contributed by atoms with Crippen molar-refractivity contribution in [2.75, 3.05) is 65.6 Å². The molecular formula is C33H43IN4O8+2. The average Bonchev–Trinajstić information content (AvgIpc) is 3.28. The first-order valence-corrected chi connectivity index (χ1v) is 16.7. The Hall–Kier alpha value is -3.27. The Morgan fingerprint density at radius 1 is 1.09 bits per heavy atom. The molecule has 5 aliphatic heterocycles. The highest BCUT2D eigenvalue weighted by Gasteiger charge is 2.61. The van der Waals surface area contributed by atoms with Gasteiger partial charge in [0, 0.05) is 17.1 Å². The van der Waals surface area contributed by atoms with E-state index in [1.807, 2.05) is 13.0 Å². The van der Waals surface area contributed by atoms with Crippen LogP contribution in [-0.2, 0) is 40.2 Å². The molecule has 3 unspecified atom stereocenters. The zero-order valence-electron chi connectivity index (χ0n) is 26.5. The van der Waals surface area contributed by atoms with Gasteiger partial charge in [0.2, 0.25) is 5.91 Å². The van der Waals surface area contributed by atoms with Crippen molar-refractivity contribution < 1.29 is 47.4 Å². The maximum atomic E-state index is 13.4. The summed E-state index contributed by atoms with van der Waals surface area (Å²) >= 11 is 2.24. The summed E-state index contributed by atoms with van der Waals surface area (Å²) in [4.78, 5) is 62.1. The van der Waals surface area contributed by atoms with Crippen LogP contribution in [0.3, 0.4) is 0 Å². The molecule has 5 heterocycles. The number of carbonyl (C=O) groups is 4. The van der Waals surface area contributed by atoms with Crippen molar-refractivity contribution in [1.82, 2.24) is 4.90 Å². The fraction of sp³-hybridized carbons (Fsp3) is 0.515. The van der Waals surface area contributed by atoms with Gasteiger partial charge >= 0.3 is 11.9 Å². The molecule has 0 aromatic heterocycles. The molecule has 2 bridgehead atoms. The summed E-state index contributed by atoms with van der Waals surface area (Å²) in [7, 11) is 0. The van der Waals surface area contributed by atoms with E-state index in [9.17, 15) is 19.2 Å². The van der Waals surface area contributed by atoms with Gasteiger partial charge in [0.25, 0.3) is 5.91 Å². The number of ether oxygens (including phenoxy) is 2. The fourth-order valence-electron chi connectivity index (χ4n) is 7.46. The molecule has 0 saturated carbocycles. The monoisotopic (exact) mass is 750 g/mol. The lowest BCUT2D eigenvalue weighted by atomic mass is 9.74. The minimum Gasteiger partial charge on any atom is -0.488 e. The van der Waals surface area contributed by atoms with Gasteiger partial charge in [-0.25, -0.2) is 9.59 Å². The molecule has 1 aromatic rings. The minimum absolute atomic E-state index is 0.00712. The van der Waals surface area contributed by atoms with Gasteiger partial charge < -0.3 is 29.1 Å². The zero-order valence-corrected chi connectivity index (χ0v) is 28.6. The number of halogens is 1. The molecule has 4 fully saturated rings. The van der Waals surface area contributed by atoms with E-state index < -0.39 is 29.8 Å². The number of fused-ring (bicyclic) bond motifs is 4. The SMILES string of the molecule is C=CCOOC(=O)C(C)C1C(=O)N2C(C(=O)OCC=C)=C(COc3cc(C[N+]45CC[N+](CC(N)=O)(CC4)CC5)ccc3I)[C@H](C)C12. The Kier molecular flexibility index (Phi) is 10.3. The third-order valence-electron chi connectivity index (χ3n) is 10.1. The van der Waals surface area contributed by atoms with Crippen molar-refractivity contribution in [3.63, 3.8) is 0 Å². The number of nitrogens with zero attached hydrogens (tertiary/aromatic N) is 3. The number of piperazine rings is 3. The summed E-state index contributed by atoms with van der Waals surface area (Å²) in [5.41, 5.74) is 7.49. The molecular weight excluding hydrogens is 707 g/mol. The van der Waals surface area contributed by atoms with Crippen LogP contribution in [0.15, 0.2) is 54.8 Å². The van der Waals surface area contributed by atoms with Crippen LogP contribution >= 0.6 is 22.6 Å². The number of quaternary nitrogens is 2. The van der Waals surface area contributed by atoms with Gasteiger partial charge in [-0.05, 0) is 34.7 Å². The highest BCUT2D eigenvalue weighted by molar-refractivity contribution is 14.1. The van der Waals surface area contributed by atoms with Crippen LogP contribution in [0.5, 0.6) is 5.75 Å². The Bertz CT molecular complexity index is 1440. The van der Waals surface area contributed by atoms with E-state index in [2.05, 4.69) is 47.9 Å².